The van der Waals surface area contributed by atoms with Crippen LogP contribution in [0.4, 0.5) is 0 Å². The molecule has 0 aliphatic rings. The topological polar surface area (TPSA) is 36.7 Å². The minimum Gasteiger partial charge on any atom is -0.251 e. The van der Waals surface area contributed by atoms with Crippen molar-refractivity contribution in [2.45, 2.75) is 13.8 Å². The first kappa shape index (κ1) is 14.0. The molecule has 0 aliphatic heterocycles. The number of nitriles is 1. The first-order valence-electron chi connectivity index (χ1n) is 7.24. The smallest absolute Gasteiger partial charge is 0.102 e. The zero-order valence-corrected chi connectivity index (χ0v) is 12.7. The highest BCUT2D eigenvalue weighted by Gasteiger charge is 2.17. The van der Waals surface area contributed by atoms with Crippen molar-refractivity contribution in [1.29, 1.82) is 5.26 Å². The molecule has 2 heteroatoms. The van der Waals surface area contributed by atoms with Gasteiger partial charge in [-0.05, 0) is 25.0 Å². The molecule has 0 unspecified atom stereocenters. The first-order chi connectivity index (χ1) is 10.7. The molecular weight excluding hydrogens is 268 g/mol. The summed E-state index contributed by atoms with van der Waals surface area (Å²) >= 11 is 0. The van der Waals surface area contributed by atoms with E-state index < -0.39 is 0 Å². The van der Waals surface area contributed by atoms with Crippen LogP contribution in [0.25, 0.3) is 22.4 Å². The summed E-state index contributed by atoms with van der Waals surface area (Å²) in [6.07, 6.45) is 0. The lowest BCUT2D eigenvalue weighted by Crippen LogP contribution is -2.00. The molecule has 0 fully saturated rings. The van der Waals surface area contributed by atoms with Gasteiger partial charge in [-0.2, -0.15) is 5.26 Å². The van der Waals surface area contributed by atoms with Crippen molar-refractivity contribution in [2.75, 3.05) is 0 Å². The number of hydrogen-bond donors (Lipinski definition) is 0. The Labute approximate surface area is 130 Å². The summed E-state index contributed by atoms with van der Waals surface area (Å²) in [5.74, 6) is 0. The van der Waals surface area contributed by atoms with E-state index in [1.165, 1.54) is 0 Å². The summed E-state index contributed by atoms with van der Waals surface area (Å²) in [6, 6.07) is 22.5. The molecule has 22 heavy (non-hydrogen) atoms. The zero-order chi connectivity index (χ0) is 15.5. The van der Waals surface area contributed by atoms with E-state index in [-0.39, 0.29) is 0 Å². The van der Waals surface area contributed by atoms with E-state index in [0.717, 1.165) is 33.6 Å². The predicted molar refractivity (Wildman–Crippen MR) is 89.3 cm³/mol. The van der Waals surface area contributed by atoms with Crippen molar-refractivity contribution in [1.82, 2.24) is 4.98 Å². The van der Waals surface area contributed by atoms with Gasteiger partial charge in [0.2, 0.25) is 0 Å². The summed E-state index contributed by atoms with van der Waals surface area (Å²) in [4.78, 5) is 4.68. The maximum atomic E-state index is 9.56. The van der Waals surface area contributed by atoms with Crippen LogP contribution in [0.2, 0.25) is 0 Å². The van der Waals surface area contributed by atoms with Crippen LogP contribution >= 0.6 is 0 Å². The van der Waals surface area contributed by atoms with Crippen molar-refractivity contribution >= 4 is 0 Å². The van der Waals surface area contributed by atoms with Crippen LogP contribution in [0.5, 0.6) is 0 Å². The Morgan fingerprint density at radius 3 is 1.91 bits per heavy atom. The van der Waals surface area contributed by atoms with Gasteiger partial charge in [0.05, 0.1) is 17.0 Å². The van der Waals surface area contributed by atoms with Crippen molar-refractivity contribution in [3.05, 3.63) is 77.5 Å². The average molecular weight is 284 g/mol. The van der Waals surface area contributed by atoms with Crippen LogP contribution in [0, 0.1) is 25.2 Å². The average Bonchev–Trinajstić information content (AvgIpc) is 2.57. The maximum Gasteiger partial charge on any atom is 0.102 e. The fourth-order valence-corrected chi connectivity index (χ4v) is 2.77. The summed E-state index contributed by atoms with van der Waals surface area (Å²) in [5.41, 5.74) is 6.52. The highest BCUT2D eigenvalue weighted by molar-refractivity contribution is 5.81. The summed E-state index contributed by atoms with van der Waals surface area (Å²) in [6.45, 7) is 3.94. The highest BCUT2D eigenvalue weighted by atomic mass is 14.7. The Morgan fingerprint density at radius 2 is 1.36 bits per heavy atom. The highest BCUT2D eigenvalue weighted by Crippen LogP contribution is 2.34. The van der Waals surface area contributed by atoms with Gasteiger partial charge < -0.3 is 0 Å². The second-order valence-corrected chi connectivity index (χ2v) is 5.26. The largest absolute Gasteiger partial charge is 0.251 e. The molecule has 0 amide bonds. The molecule has 0 bridgehead atoms. The molecule has 0 N–H and O–H groups in total. The molecule has 2 aromatic carbocycles. The molecule has 2 nitrogen and oxygen atoms in total. The standard InChI is InChI=1S/C20H16N2/c1-14-19(16-9-5-3-6-10-16)18(13-21)15(2)22-20(14)17-11-7-4-8-12-17/h3-12H,1-2H3. The summed E-state index contributed by atoms with van der Waals surface area (Å²) < 4.78 is 0. The fraction of sp³-hybridized carbons (Fsp3) is 0.100. The van der Waals surface area contributed by atoms with Gasteiger partial charge in [-0.3, -0.25) is 4.98 Å². The third-order valence-electron chi connectivity index (χ3n) is 3.84. The number of hydrogen-bond acceptors (Lipinski definition) is 2. The van der Waals surface area contributed by atoms with Crippen molar-refractivity contribution in [2.24, 2.45) is 0 Å². The van der Waals surface area contributed by atoms with E-state index in [1.807, 2.05) is 62.4 Å². The third-order valence-corrected chi connectivity index (χ3v) is 3.84. The van der Waals surface area contributed by atoms with Crippen molar-refractivity contribution in [3.63, 3.8) is 0 Å². The van der Waals surface area contributed by atoms with Gasteiger partial charge in [0, 0.05) is 11.1 Å². The molecule has 0 radical (unpaired) electrons. The van der Waals surface area contributed by atoms with Crippen LogP contribution in [-0.4, -0.2) is 4.98 Å². The summed E-state index contributed by atoms with van der Waals surface area (Å²) in [5, 5.41) is 9.56. The second-order valence-electron chi connectivity index (χ2n) is 5.26. The molecule has 3 aromatic rings. The number of nitrogens with zero attached hydrogens (tertiary/aromatic N) is 2. The Kier molecular flexibility index (Phi) is 3.72. The molecule has 1 aromatic heterocycles. The third kappa shape index (κ3) is 2.38. The number of pyridine rings is 1. The number of aryl methyl sites for hydroxylation is 1. The van der Waals surface area contributed by atoms with E-state index in [2.05, 4.69) is 23.2 Å². The lowest BCUT2D eigenvalue weighted by Gasteiger charge is -2.15. The fourth-order valence-electron chi connectivity index (χ4n) is 2.77. The van der Waals surface area contributed by atoms with E-state index in [4.69, 9.17) is 0 Å². The lowest BCUT2D eigenvalue weighted by molar-refractivity contribution is 1.16. The molecule has 0 aliphatic carbocycles. The Balaban J connectivity index is 2.34. The molecule has 106 valence electrons. The van der Waals surface area contributed by atoms with Crippen molar-refractivity contribution < 1.29 is 0 Å². The van der Waals surface area contributed by atoms with Crippen LogP contribution in [-0.2, 0) is 0 Å². The molecule has 3 rings (SSSR count). The monoisotopic (exact) mass is 284 g/mol. The van der Waals surface area contributed by atoms with Gasteiger partial charge in [0.1, 0.15) is 6.07 Å². The Morgan fingerprint density at radius 1 is 0.818 bits per heavy atom. The molecular formula is C20H16N2. The van der Waals surface area contributed by atoms with E-state index >= 15 is 0 Å². The lowest BCUT2D eigenvalue weighted by atomic mass is 9.92. The second kappa shape index (κ2) is 5.83. The van der Waals surface area contributed by atoms with Gasteiger partial charge in [-0.15, -0.1) is 0 Å². The normalized spacial score (nSPS) is 10.2. The number of aromatic nitrogens is 1. The van der Waals surface area contributed by atoms with Gasteiger partial charge in [-0.25, -0.2) is 0 Å². The number of rotatable bonds is 2. The van der Waals surface area contributed by atoms with Crippen molar-refractivity contribution in [3.8, 4) is 28.5 Å². The van der Waals surface area contributed by atoms with Crippen LogP contribution in [0.15, 0.2) is 60.7 Å². The van der Waals surface area contributed by atoms with Gasteiger partial charge in [0.25, 0.3) is 0 Å². The first-order valence-corrected chi connectivity index (χ1v) is 7.24. The van der Waals surface area contributed by atoms with Gasteiger partial charge in [-0.1, -0.05) is 60.7 Å². The van der Waals surface area contributed by atoms with Crippen LogP contribution in [0.3, 0.4) is 0 Å². The van der Waals surface area contributed by atoms with E-state index in [9.17, 15) is 5.26 Å². The van der Waals surface area contributed by atoms with E-state index in [1.54, 1.807) is 0 Å². The van der Waals surface area contributed by atoms with Gasteiger partial charge >= 0.3 is 0 Å². The SMILES string of the molecule is Cc1nc(-c2ccccc2)c(C)c(-c2ccccc2)c1C#N. The molecule has 1 heterocycles. The summed E-state index contributed by atoms with van der Waals surface area (Å²) in [7, 11) is 0. The molecule has 0 spiro atoms. The molecule has 0 saturated heterocycles. The minimum atomic E-state index is 0.656. The molecule has 0 atom stereocenters. The number of benzene rings is 2. The Bertz CT molecular complexity index is 844. The van der Waals surface area contributed by atoms with Crippen LogP contribution < -0.4 is 0 Å². The van der Waals surface area contributed by atoms with Gasteiger partial charge in [0.15, 0.2) is 0 Å². The maximum absolute atomic E-state index is 9.56. The zero-order valence-electron chi connectivity index (χ0n) is 12.7. The van der Waals surface area contributed by atoms with E-state index in [0.29, 0.717) is 5.56 Å². The van der Waals surface area contributed by atoms with Crippen LogP contribution in [0.1, 0.15) is 16.8 Å². The molecule has 0 saturated carbocycles. The predicted octanol–water partition coefficient (Wildman–Crippen LogP) is 4.90. The minimum absolute atomic E-state index is 0.656. The Hall–Kier alpha value is -2.92. The quantitative estimate of drug-likeness (QED) is 0.670.